The lowest BCUT2D eigenvalue weighted by Gasteiger charge is -2.41. The van der Waals surface area contributed by atoms with Crippen molar-refractivity contribution in [2.75, 3.05) is 0 Å². The molecular weight excluding hydrogens is 636 g/mol. The van der Waals surface area contributed by atoms with Crippen LogP contribution in [0.1, 0.15) is 59.4 Å². The van der Waals surface area contributed by atoms with Crippen LogP contribution in [0.25, 0.3) is 0 Å². The van der Waals surface area contributed by atoms with Gasteiger partial charge in [0.1, 0.15) is 6.10 Å². The molecule has 3 nitrogen and oxygen atoms in total. The van der Waals surface area contributed by atoms with Crippen LogP contribution in [-0.2, 0) is 14.3 Å². The third-order valence-electron chi connectivity index (χ3n) is 8.77. The number of halogens is 1. The van der Waals surface area contributed by atoms with E-state index in [1.165, 1.54) is 15.6 Å². The molecule has 0 saturated carbocycles. The standard InChI is InChI=1S/C40H45BrO3Si/c1-39(2,3)38(40(4,5)6)44-37(42)36-27-30(29-17-16-18-31(41)25-29)26-32(43-36)28-45(33-19-10-7-11-20-33,34-21-12-8-13-22-34)35-23-14-9-15-24-35/h7-25,27,30,32,38H,26,28H2,1-6H3/t30-,32-/m0/s1. The Bertz CT molecular complexity index is 1490. The monoisotopic (exact) mass is 680 g/mol. The number of hydrogen-bond acceptors (Lipinski definition) is 3. The molecule has 234 valence electrons. The van der Waals surface area contributed by atoms with Crippen molar-refractivity contribution in [2.24, 2.45) is 10.8 Å². The summed E-state index contributed by atoms with van der Waals surface area (Å²) in [7, 11) is -2.62. The lowest BCUT2D eigenvalue weighted by atomic mass is 9.74. The first kappa shape index (κ1) is 33.0. The van der Waals surface area contributed by atoms with Crippen molar-refractivity contribution in [3.63, 3.8) is 0 Å². The van der Waals surface area contributed by atoms with Crippen LogP contribution in [-0.4, -0.2) is 26.3 Å². The van der Waals surface area contributed by atoms with Gasteiger partial charge in [0.2, 0.25) is 5.76 Å². The summed E-state index contributed by atoms with van der Waals surface area (Å²) in [6.07, 6.45) is 2.24. The van der Waals surface area contributed by atoms with E-state index in [-0.39, 0.29) is 34.9 Å². The molecule has 5 rings (SSSR count). The first-order valence-corrected chi connectivity index (χ1v) is 18.9. The summed E-state index contributed by atoms with van der Waals surface area (Å²) in [5.41, 5.74) is 0.683. The number of esters is 1. The van der Waals surface area contributed by atoms with Gasteiger partial charge in [0.05, 0.1) is 6.10 Å². The van der Waals surface area contributed by atoms with Crippen LogP contribution in [0.15, 0.2) is 132 Å². The van der Waals surface area contributed by atoms with Gasteiger partial charge in [0.15, 0.2) is 8.07 Å². The summed E-state index contributed by atoms with van der Waals surface area (Å²) in [6.45, 7) is 12.7. The second-order valence-corrected chi connectivity index (χ2v) is 19.3. The Morgan fingerprint density at radius 2 is 1.27 bits per heavy atom. The van der Waals surface area contributed by atoms with Gasteiger partial charge >= 0.3 is 5.97 Å². The molecule has 0 bridgehead atoms. The van der Waals surface area contributed by atoms with E-state index in [0.29, 0.717) is 5.76 Å². The molecule has 5 heteroatoms. The molecule has 0 saturated heterocycles. The SMILES string of the molecule is CC(C)(C)C(OC(=O)C1=C[C@@H](c2cccc(Br)c2)C[C@@H](C[Si](c2ccccc2)(c2ccccc2)c2ccccc2)O1)C(C)(C)C. The summed E-state index contributed by atoms with van der Waals surface area (Å²) in [5, 5.41) is 3.97. The van der Waals surface area contributed by atoms with Gasteiger partial charge in [-0.1, -0.05) is 161 Å². The van der Waals surface area contributed by atoms with E-state index in [4.69, 9.17) is 9.47 Å². The van der Waals surface area contributed by atoms with E-state index in [1.807, 2.05) is 12.1 Å². The van der Waals surface area contributed by atoms with Gasteiger partial charge in [0.25, 0.3) is 0 Å². The summed E-state index contributed by atoms with van der Waals surface area (Å²) in [5.74, 6) is -0.0756. The maximum absolute atomic E-state index is 14.1. The second-order valence-electron chi connectivity index (χ2n) is 14.4. The molecular formula is C40H45BrO3Si. The number of benzene rings is 4. The van der Waals surface area contributed by atoms with Gasteiger partial charge in [-0.15, -0.1) is 0 Å². The van der Waals surface area contributed by atoms with E-state index < -0.39 is 8.07 Å². The zero-order valence-corrected chi connectivity index (χ0v) is 29.9. The van der Waals surface area contributed by atoms with Gasteiger partial charge in [-0.3, -0.25) is 0 Å². The molecule has 1 aliphatic rings. The molecule has 0 amide bonds. The van der Waals surface area contributed by atoms with Crippen molar-refractivity contribution in [1.82, 2.24) is 0 Å². The van der Waals surface area contributed by atoms with Crippen LogP contribution >= 0.6 is 15.9 Å². The second kappa shape index (κ2) is 13.5. The van der Waals surface area contributed by atoms with Crippen molar-refractivity contribution >= 4 is 45.5 Å². The zero-order valence-electron chi connectivity index (χ0n) is 27.3. The minimum Gasteiger partial charge on any atom is -0.484 e. The molecule has 0 radical (unpaired) electrons. The number of allylic oxidation sites excluding steroid dienone is 1. The van der Waals surface area contributed by atoms with Gasteiger partial charge in [-0.2, -0.15) is 0 Å². The highest BCUT2D eigenvalue weighted by Gasteiger charge is 2.45. The number of ether oxygens (including phenoxy) is 2. The molecule has 0 N–H and O–H groups in total. The third-order valence-corrected chi connectivity index (χ3v) is 14.3. The Balaban J connectivity index is 1.61. The smallest absolute Gasteiger partial charge is 0.373 e. The van der Waals surface area contributed by atoms with E-state index in [2.05, 4.69) is 167 Å². The molecule has 45 heavy (non-hydrogen) atoms. The number of rotatable bonds is 8. The maximum Gasteiger partial charge on any atom is 0.373 e. The Labute approximate surface area is 278 Å². The number of hydrogen-bond donors (Lipinski definition) is 0. The van der Waals surface area contributed by atoms with Gasteiger partial charge < -0.3 is 9.47 Å². The molecule has 1 aliphatic heterocycles. The molecule has 2 atom stereocenters. The molecule has 0 unspecified atom stereocenters. The zero-order chi connectivity index (χ0) is 32.2. The first-order chi connectivity index (χ1) is 21.4. The van der Waals surface area contributed by atoms with E-state index >= 15 is 0 Å². The lowest BCUT2D eigenvalue weighted by molar-refractivity contribution is -0.164. The average molecular weight is 682 g/mol. The average Bonchev–Trinajstić information content (AvgIpc) is 3.02. The fraction of sp³-hybridized carbons (Fsp3) is 0.325. The predicted molar refractivity (Wildman–Crippen MR) is 192 cm³/mol. The fourth-order valence-corrected chi connectivity index (χ4v) is 12.5. The molecule has 0 spiro atoms. The number of carbonyl (C=O) groups is 1. The van der Waals surface area contributed by atoms with Crippen molar-refractivity contribution in [1.29, 1.82) is 0 Å². The molecule has 0 aromatic heterocycles. The summed E-state index contributed by atoms with van der Waals surface area (Å²) < 4.78 is 14.1. The van der Waals surface area contributed by atoms with E-state index in [1.54, 1.807) is 0 Å². The molecule has 4 aromatic rings. The van der Waals surface area contributed by atoms with E-state index in [9.17, 15) is 4.79 Å². The van der Waals surface area contributed by atoms with Crippen LogP contribution in [0.2, 0.25) is 6.04 Å². The van der Waals surface area contributed by atoms with Crippen LogP contribution in [0.3, 0.4) is 0 Å². The Kier molecular flexibility index (Phi) is 9.90. The van der Waals surface area contributed by atoms with Gasteiger partial charge in [-0.05, 0) is 62.6 Å². The van der Waals surface area contributed by atoms with Gasteiger partial charge in [-0.25, -0.2) is 4.79 Å². The third kappa shape index (κ3) is 7.53. The summed E-state index contributed by atoms with van der Waals surface area (Å²) in [4.78, 5) is 14.1. The quantitative estimate of drug-likeness (QED) is 0.107. The Morgan fingerprint density at radius 1 is 0.778 bits per heavy atom. The number of carbonyl (C=O) groups excluding carboxylic acids is 1. The molecule has 4 aromatic carbocycles. The fourth-order valence-electron chi connectivity index (χ4n) is 7.19. The van der Waals surface area contributed by atoms with Crippen molar-refractivity contribution in [2.45, 2.75) is 72.1 Å². The van der Waals surface area contributed by atoms with Crippen LogP contribution in [0.4, 0.5) is 0 Å². The minimum absolute atomic E-state index is 0.000503. The minimum atomic E-state index is -2.62. The van der Waals surface area contributed by atoms with Crippen LogP contribution in [0.5, 0.6) is 0 Å². The van der Waals surface area contributed by atoms with Crippen molar-refractivity contribution < 1.29 is 14.3 Å². The Hall–Kier alpha value is -3.41. The Morgan fingerprint density at radius 3 is 1.71 bits per heavy atom. The van der Waals surface area contributed by atoms with E-state index in [0.717, 1.165) is 22.5 Å². The molecule has 0 fully saturated rings. The molecule has 1 heterocycles. The maximum atomic E-state index is 14.1. The lowest BCUT2D eigenvalue weighted by Crippen LogP contribution is -2.68. The topological polar surface area (TPSA) is 35.5 Å². The van der Waals surface area contributed by atoms with Crippen LogP contribution in [0, 0.1) is 10.8 Å². The highest BCUT2D eigenvalue weighted by atomic mass is 79.9. The van der Waals surface area contributed by atoms with Crippen LogP contribution < -0.4 is 15.6 Å². The largest absolute Gasteiger partial charge is 0.484 e. The van der Waals surface area contributed by atoms with Crippen molar-refractivity contribution in [3.05, 3.63) is 137 Å². The van der Waals surface area contributed by atoms with Gasteiger partial charge in [0, 0.05) is 10.4 Å². The normalized spacial score (nSPS) is 17.4. The summed E-state index contributed by atoms with van der Waals surface area (Å²) >= 11 is 3.67. The summed E-state index contributed by atoms with van der Waals surface area (Å²) in [6, 6.07) is 41.8. The van der Waals surface area contributed by atoms with Crippen molar-refractivity contribution in [3.8, 4) is 0 Å². The highest BCUT2D eigenvalue weighted by Crippen LogP contribution is 2.39. The first-order valence-electron chi connectivity index (χ1n) is 15.9. The molecule has 0 aliphatic carbocycles. The predicted octanol–water partition coefficient (Wildman–Crippen LogP) is 8.38. The highest BCUT2D eigenvalue weighted by molar-refractivity contribution is 9.10.